The van der Waals surface area contributed by atoms with Gasteiger partial charge in [0.2, 0.25) is 5.91 Å². The number of nitrogens with one attached hydrogen (secondary N) is 1. The van der Waals surface area contributed by atoms with Gasteiger partial charge in [-0.1, -0.05) is 19.8 Å². The van der Waals surface area contributed by atoms with Crippen molar-refractivity contribution in [2.75, 3.05) is 0 Å². The number of carboxylic acids is 1. The molecule has 1 fully saturated rings. The molecule has 4 heteroatoms. The summed E-state index contributed by atoms with van der Waals surface area (Å²) in [6.45, 7) is 8.81. The first-order valence-electron chi connectivity index (χ1n) is 6.59. The van der Waals surface area contributed by atoms with E-state index in [1.165, 1.54) is 0 Å². The summed E-state index contributed by atoms with van der Waals surface area (Å²) < 4.78 is 0. The Kier molecular flexibility index (Phi) is 3.80. The molecule has 0 unspecified atom stereocenters. The smallest absolute Gasteiger partial charge is 0.311 e. The van der Waals surface area contributed by atoms with Crippen molar-refractivity contribution in [3.63, 3.8) is 0 Å². The quantitative estimate of drug-likeness (QED) is 0.811. The maximum Gasteiger partial charge on any atom is 0.311 e. The van der Waals surface area contributed by atoms with Crippen LogP contribution in [0.25, 0.3) is 0 Å². The highest BCUT2D eigenvalue weighted by Crippen LogP contribution is 2.39. The summed E-state index contributed by atoms with van der Waals surface area (Å²) in [6.07, 6.45) is 3.93. The maximum absolute atomic E-state index is 12.3. The minimum Gasteiger partial charge on any atom is -0.481 e. The topological polar surface area (TPSA) is 66.4 Å². The van der Waals surface area contributed by atoms with Crippen LogP contribution in [-0.4, -0.2) is 22.5 Å². The third kappa shape index (κ3) is 2.52. The van der Waals surface area contributed by atoms with Crippen molar-refractivity contribution in [2.24, 2.45) is 10.8 Å². The molecule has 1 aliphatic carbocycles. The van der Waals surface area contributed by atoms with Crippen molar-refractivity contribution in [2.45, 2.75) is 65.8 Å². The van der Waals surface area contributed by atoms with E-state index in [0.717, 1.165) is 25.7 Å². The Balaban J connectivity index is 2.83. The fourth-order valence-electron chi connectivity index (χ4n) is 2.24. The number of amides is 1. The van der Waals surface area contributed by atoms with Gasteiger partial charge in [0.1, 0.15) is 0 Å². The fraction of sp³-hybridized carbons (Fsp3) is 0.857. The van der Waals surface area contributed by atoms with Crippen molar-refractivity contribution in [3.05, 3.63) is 0 Å². The van der Waals surface area contributed by atoms with Gasteiger partial charge < -0.3 is 10.4 Å². The molecule has 1 rings (SSSR count). The normalized spacial score (nSPS) is 19.6. The summed E-state index contributed by atoms with van der Waals surface area (Å²) in [5.41, 5.74) is -2.11. The van der Waals surface area contributed by atoms with Crippen molar-refractivity contribution in [1.29, 1.82) is 0 Å². The molecule has 0 heterocycles. The monoisotopic (exact) mass is 255 g/mol. The van der Waals surface area contributed by atoms with E-state index in [-0.39, 0.29) is 11.3 Å². The summed E-state index contributed by atoms with van der Waals surface area (Å²) in [6, 6.07) is 0. The number of rotatable bonds is 4. The summed E-state index contributed by atoms with van der Waals surface area (Å²) in [7, 11) is 0. The van der Waals surface area contributed by atoms with E-state index in [2.05, 4.69) is 5.32 Å². The summed E-state index contributed by atoms with van der Waals surface area (Å²) in [5.74, 6) is -0.913. The van der Waals surface area contributed by atoms with Crippen molar-refractivity contribution < 1.29 is 14.7 Å². The lowest BCUT2D eigenvalue weighted by Gasteiger charge is -2.41. The van der Waals surface area contributed by atoms with Gasteiger partial charge in [0.15, 0.2) is 0 Å². The number of hydrogen-bond acceptors (Lipinski definition) is 2. The summed E-state index contributed by atoms with van der Waals surface area (Å²) >= 11 is 0. The maximum atomic E-state index is 12.3. The average Bonchev–Trinajstić information content (AvgIpc) is 2.65. The van der Waals surface area contributed by atoms with Crippen LogP contribution in [0.3, 0.4) is 0 Å². The standard InChI is InChI=1S/C14H25NO3/c1-12(2,11(17)18)13(3,4)15-10(16)14(5)8-6-7-9-14/h6-9H2,1-5H3,(H,15,16)(H,17,18). The van der Waals surface area contributed by atoms with Crippen LogP contribution in [0.2, 0.25) is 0 Å². The highest BCUT2D eigenvalue weighted by atomic mass is 16.4. The highest BCUT2D eigenvalue weighted by Gasteiger charge is 2.47. The molecule has 0 atom stereocenters. The van der Waals surface area contributed by atoms with Crippen molar-refractivity contribution in [3.8, 4) is 0 Å². The van der Waals surface area contributed by atoms with Crippen LogP contribution in [0.5, 0.6) is 0 Å². The molecule has 0 aromatic carbocycles. The van der Waals surface area contributed by atoms with E-state index < -0.39 is 16.9 Å². The Hall–Kier alpha value is -1.06. The molecule has 0 aromatic rings. The van der Waals surface area contributed by atoms with Gasteiger partial charge in [-0.05, 0) is 40.5 Å². The molecule has 0 aromatic heterocycles. The second-order valence-corrected chi connectivity index (χ2v) is 6.78. The van der Waals surface area contributed by atoms with Gasteiger partial charge in [-0.2, -0.15) is 0 Å². The zero-order valence-corrected chi connectivity index (χ0v) is 12.1. The molecular formula is C14H25NO3. The van der Waals surface area contributed by atoms with Crippen LogP contribution >= 0.6 is 0 Å². The Bertz CT molecular complexity index is 352. The first-order chi connectivity index (χ1) is 8.03. The molecule has 1 amide bonds. The average molecular weight is 255 g/mol. The number of carbonyl (C=O) groups is 2. The molecule has 1 saturated carbocycles. The molecule has 0 bridgehead atoms. The van der Waals surface area contributed by atoms with Crippen LogP contribution in [0.15, 0.2) is 0 Å². The van der Waals surface area contributed by atoms with Gasteiger partial charge in [0, 0.05) is 11.0 Å². The first kappa shape index (κ1) is 15.0. The van der Waals surface area contributed by atoms with Crippen molar-refractivity contribution in [1.82, 2.24) is 5.32 Å². The predicted octanol–water partition coefficient (Wildman–Crippen LogP) is 2.57. The lowest BCUT2D eigenvalue weighted by atomic mass is 9.73. The van der Waals surface area contributed by atoms with Gasteiger partial charge in [0.05, 0.1) is 5.41 Å². The SMILES string of the molecule is CC1(C(=O)NC(C)(C)C(C)(C)C(=O)O)CCCC1. The molecule has 0 aliphatic heterocycles. The third-order valence-corrected chi connectivity index (χ3v) is 4.78. The van der Waals surface area contributed by atoms with E-state index in [4.69, 9.17) is 0 Å². The molecule has 0 spiro atoms. The molecule has 4 nitrogen and oxygen atoms in total. The number of carboxylic acid groups (broad SMARTS) is 1. The second kappa shape index (κ2) is 4.56. The van der Waals surface area contributed by atoms with Crippen molar-refractivity contribution >= 4 is 11.9 Å². The number of carbonyl (C=O) groups excluding carboxylic acids is 1. The van der Waals surface area contributed by atoms with Gasteiger partial charge in [-0.15, -0.1) is 0 Å². The van der Waals surface area contributed by atoms with Crippen LogP contribution in [0, 0.1) is 10.8 Å². The third-order valence-electron chi connectivity index (χ3n) is 4.78. The van der Waals surface area contributed by atoms with Crippen LogP contribution in [-0.2, 0) is 9.59 Å². The summed E-state index contributed by atoms with van der Waals surface area (Å²) in [4.78, 5) is 23.6. The Morgan fingerprint density at radius 1 is 1.11 bits per heavy atom. The molecule has 0 radical (unpaired) electrons. The van der Waals surface area contributed by atoms with E-state index >= 15 is 0 Å². The molecule has 18 heavy (non-hydrogen) atoms. The van der Waals surface area contributed by atoms with Gasteiger partial charge in [0.25, 0.3) is 0 Å². The Morgan fingerprint density at radius 2 is 1.56 bits per heavy atom. The Morgan fingerprint density at radius 3 is 1.94 bits per heavy atom. The minimum atomic E-state index is -1.00. The highest BCUT2D eigenvalue weighted by molar-refractivity contribution is 5.85. The molecular weight excluding hydrogens is 230 g/mol. The lowest BCUT2D eigenvalue weighted by Crippen LogP contribution is -2.59. The predicted molar refractivity (Wildman–Crippen MR) is 70.2 cm³/mol. The van der Waals surface area contributed by atoms with E-state index in [0.29, 0.717) is 0 Å². The minimum absolute atomic E-state index is 0.0145. The van der Waals surface area contributed by atoms with E-state index in [1.54, 1.807) is 27.7 Å². The zero-order chi connectivity index (χ0) is 14.2. The molecule has 1 aliphatic rings. The fourth-order valence-corrected chi connectivity index (χ4v) is 2.24. The molecule has 0 saturated heterocycles. The first-order valence-corrected chi connectivity index (χ1v) is 6.59. The van der Waals surface area contributed by atoms with Gasteiger partial charge in [-0.3, -0.25) is 9.59 Å². The van der Waals surface area contributed by atoms with Gasteiger partial charge in [-0.25, -0.2) is 0 Å². The van der Waals surface area contributed by atoms with E-state index in [1.807, 2.05) is 6.92 Å². The van der Waals surface area contributed by atoms with E-state index in [9.17, 15) is 14.7 Å². The number of aliphatic carboxylic acids is 1. The van der Waals surface area contributed by atoms with Crippen LogP contribution in [0.4, 0.5) is 0 Å². The van der Waals surface area contributed by atoms with Crippen LogP contribution in [0.1, 0.15) is 60.3 Å². The second-order valence-electron chi connectivity index (χ2n) is 6.78. The number of hydrogen-bond donors (Lipinski definition) is 2. The van der Waals surface area contributed by atoms with Crippen LogP contribution < -0.4 is 5.32 Å². The molecule has 104 valence electrons. The zero-order valence-electron chi connectivity index (χ0n) is 12.1. The lowest BCUT2D eigenvalue weighted by molar-refractivity contribution is -0.152. The van der Waals surface area contributed by atoms with Gasteiger partial charge >= 0.3 is 5.97 Å². The summed E-state index contributed by atoms with van der Waals surface area (Å²) in [5, 5.41) is 12.2. The largest absolute Gasteiger partial charge is 0.481 e. The Labute approximate surface area is 109 Å². The molecule has 2 N–H and O–H groups in total.